The molecule has 2 aromatic carbocycles. The maximum Gasteiger partial charge on any atom is 0.186 e. The van der Waals surface area contributed by atoms with Crippen LogP contribution in [0.1, 0.15) is 48.2 Å². The van der Waals surface area contributed by atoms with Gasteiger partial charge >= 0.3 is 0 Å². The summed E-state index contributed by atoms with van der Waals surface area (Å²) < 4.78 is 0. The van der Waals surface area contributed by atoms with Crippen LogP contribution in [0.15, 0.2) is 41.4 Å². The van der Waals surface area contributed by atoms with Gasteiger partial charge in [-0.1, -0.05) is 42.7 Å². The minimum atomic E-state index is 0. The summed E-state index contributed by atoms with van der Waals surface area (Å²) in [5.41, 5.74) is 15.7. The zero-order chi connectivity index (χ0) is 22.7. The zero-order valence-corrected chi connectivity index (χ0v) is 21.7. The van der Waals surface area contributed by atoms with Crippen molar-refractivity contribution in [3.63, 3.8) is 0 Å². The monoisotopic (exact) mass is 520 g/mol. The molecular formula is C25H31Cl3N6. The van der Waals surface area contributed by atoms with Crippen LogP contribution in [-0.4, -0.2) is 28.0 Å². The number of aromatic nitrogens is 2. The van der Waals surface area contributed by atoms with Crippen molar-refractivity contribution in [2.45, 2.75) is 51.6 Å². The van der Waals surface area contributed by atoms with Crippen molar-refractivity contribution in [2.75, 3.05) is 5.32 Å². The van der Waals surface area contributed by atoms with E-state index < -0.39 is 0 Å². The van der Waals surface area contributed by atoms with E-state index in [0.29, 0.717) is 10.8 Å². The Morgan fingerprint density at radius 2 is 1.68 bits per heavy atom. The molecule has 3 aromatic rings. The lowest BCUT2D eigenvalue weighted by Gasteiger charge is -2.30. The first-order valence-corrected chi connectivity index (χ1v) is 11.3. The molecular weight excluding hydrogens is 491 g/mol. The molecule has 1 fully saturated rings. The SMILES string of the molecule is Cc1cc2nc(/C=C\c3ccc(Cl)cc3)nc(NC3CCCCC3N=C(N)N)c2cc1C.Cl.Cl. The predicted octanol–water partition coefficient (Wildman–Crippen LogP) is 5.91. The number of nitrogens with two attached hydrogens (primary N) is 2. The van der Waals surface area contributed by atoms with Crippen LogP contribution in [-0.2, 0) is 0 Å². The minimum Gasteiger partial charge on any atom is -0.370 e. The summed E-state index contributed by atoms with van der Waals surface area (Å²) in [7, 11) is 0. The molecule has 0 saturated heterocycles. The van der Waals surface area contributed by atoms with Gasteiger partial charge in [0, 0.05) is 10.4 Å². The highest BCUT2D eigenvalue weighted by Gasteiger charge is 2.26. The molecule has 0 spiro atoms. The quantitative estimate of drug-likeness (QED) is 0.286. The van der Waals surface area contributed by atoms with E-state index in [1.54, 1.807) is 0 Å². The number of aryl methyl sites for hydroxylation is 2. The third-order valence-corrected chi connectivity index (χ3v) is 6.24. The Kier molecular flexibility index (Phi) is 9.98. The normalized spacial score (nSPS) is 17.6. The van der Waals surface area contributed by atoms with E-state index in [4.69, 9.17) is 33.0 Å². The molecule has 4 rings (SSSR count). The molecule has 2 unspecified atom stereocenters. The summed E-state index contributed by atoms with van der Waals surface area (Å²) in [6.07, 6.45) is 8.13. The Morgan fingerprint density at radius 1 is 1.00 bits per heavy atom. The summed E-state index contributed by atoms with van der Waals surface area (Å²) in [4.78, 5) is 14.1. The molecule has 1 aliphatic carbocycles. The van der Waals surface area contributed by atoms with Gasteiger partial charge in [-0.2, -0.15) is 0 Å². The molecule has 1 heterocycles. The van der Waals surface area contributed by atoms with Gasteiger partial charge in [0.05, 0.1) is 17.6 Å². The second-order valence-corrected chi connectivity index (χ2v) is 8.86. The standard InChI is InChI=1S/C25H29ClN6.2ClH/c1-15-13-19-22(14-16(15)2)29-23(12-9-17-7-10-18(26)11-8-17)32-24(19)30-20-5-3-4-6-21(20)31-25(27)28;;/h7-14,20-21H,3-6H2,1-2H3,(H4,27,28,31)(H,29,30,32);2*1H/b12-9-;;. The predicted molar refractivity (Wildman–Crippen MR) is 149 cm³/mol. The fourth-order valence-corrected chi connectivity index (χ4v) is 4.26. The topological polar surface area (TPSA) is 102 Å². The van der Waals surface area contributed by atoms with Gasteiger partial charge in [0.1, 0.15) is 5.82 Å². The number of halogens is 3. The van der Waals surface area contributed by atoms with Gasteiger partial charge in [0.2, 0.25) is 0 Å². The number of anilines is 1. The highest BCUT2D eigenvalue weighted by atomic mass is 35.5. The van der Waals surface area contributed by atoms with Crippen molar-refractivity contribution < 1.29 is 0 Å². The number of hydrogen-bond acceptors (Lipinski definition) is 4. The van der Waals surface area contributed by atoms with E-state index in [1.807, 2.05) is 36.4 Å². The largest absolute Gasteiger partial charge is 0.370 e. The molecule has 1 aromatic heterocycles. The van der Waals surface area contributed by atoms with Gasteiger partial charge < -0.3 is 16.8 Å². The van der Waals surface area contributed by atoms with Crippen molar-refractivity contribution in [2.24, 2.45) is 16.5 Å². The molecule has 1 saturated carbocycles. The van der Waals surface area contributed by atoms with Crippen LogP contribution >= 0.6 is 36.4 Å². The molecule has 6 nitrogen and oxygen atoms in total. The van der Waals surface area contributed by atoms with Gasteiger partial charge in [-0.3, -0.25) is 0 Å². The molecule has 0 radical (unpaired) electrons. The van der Waals surface area contributed by atoms with Gasteiger partial charge in [0.15, 0.2) is 11.8 Å². The smallest absolute Gasteiger partial charge is 0.186 e. The Balaban J connectivity index is 0.00000204. The molecule has 0 amide bonds. The maximum absolute atomic E-state index is 6.00. The molecule has 1 aliphatic rings. The maximum atomic E-state index is 6.00. The molecule has 34 heavy (non-hydrogen) atoms. The lowest BCUT2D eigenvalue weighted by atomic mass is 9.90. The highest BCUT2D eigenvalue weighted by Crippen LogP contribution is 2.29. The van der Waals surface area contributed by atoms with Crippen molar-refractivity contribution in [1.82, 2.24) is 9.97 Å². The van der Waals surface area contributed by atoms with Crippen molar-refractivity contribution in [3.8, 4) is 0 Å². The molecule has 182 valence electrons. The summed E-state index contributed by atoms with van der Waals surface area (Å²) in [6.45, 7) is 4.21. The average molecular weight is 522 g/mol. The molecule has 2 atom stereocenters. The number of hydrogen-bond donors (Lipinski definition) is 3. The fourth-order valence-electron chi connectivity index (χ4n) is 4.14. The number of benzene rings is 2. The van der Waals surface area contributed by atoms with Crippen molar-refractivity contribution in [1.29, 1.82) is 0 Å². The van der Waals surface area contributed by atoms with E-state index in [1.165, 1.54) is 11.1 Å². The van der Waals surface area contributed by atoms with Crippen LogP contribution in [0.5, 0.6) is 0 Å². The fraction of sp³-hybridized carbons (Fsp3) is 0.320. The van der Waals surface area contributed by atoms with Gasteiger partial charge in [-0.15, -0.1) is 24.8 Å². The second-order valence-electron chi connectivity index (χ2n) is 8.43. The zero-order valence-electron chi connectivity index (χ0n) is 19.3. The average Bonchev–Trinajstić information content (AvgIpc) is 2.75. The van der Waals surface area contributed by atoms with Crippen molar-refractivity contribution in [3.05, 3.63) is 63.9 Å². The van der Waals surface area contributed by atoms with Crippen LogP contribution in [0, 0.1) is 13.8 Å². The van der Waals surface area contributed by atoms with Crippen LogP contribution in [0.3, 0.4) is 0 Å². The van der Waals surface area contributed by atoms with Gasteiger partial charge in [-0.25, -0.2) is 15.0 Å². The molecule has 0 aliphatic heterocycles. The Labute approximate surface area is 218 Å². The lowest BCUT2D eigenvalue weighted by molar-refractivity contribution is 0.405. The number of guanidine groups is 1. The Morgan fingerprint density at radius 3 is 2.38 bits per heavy atom. The summed E-state index contributed by atoms with van der Waals surface area (Å²) in [5.74, 6) is 1.60. The first-order valence-electron chi connectivity index (χ1n) is 11.0. The number of rotatable bonds is 5. The second kappa shape index (κ2) is 12.2. The lowest BCUT2D eigenvalue weighted by Crippen LogP contribution is -2.38. The van der Waals surface area contributed by atoms with E-state index in [0.717, 1.165) is 48.0 Å². The number of fused-ring (bicyclic) bond motifs is 1. The van der Waals surface area contributed by atoms with Crippen molar-refractivity contribution >= 4 is 71.2 Å². The van der Waals surface area contributed by atoms with Crippen LogP contribution < -0.4 is 16.8 Å². The van der Waals surface area contributed by atoms with E-state index in [-0.39, 0.29) is 42.9 Å². The first kappa shape index (κ1) is 27.7. The summed E-state index contributed by atoms with van der Waals surface area (Å²) in [5, 5.41) is 5.37. The molecule has 0 bridgehead atoms. The van der Waals surface area contributed by atoms with Gasteiger partial charge in [-0.05, 0) is 73.7 Å². The van der Waals surface area contributed by atoms with Crippen LogP contribution in [0.2, 0.25) is 5.02 Å². The van der Waals surface area contributed by atoms with Gasteiger partial charge in [0.25, 0.3) is 0 Å². The number of nitrogens with zero attached hydrogens (tertiary/aromatic N) is 3. The van der Waals surface area contributed by atoms with E-state index in [2.05, 4.69) is 36.3 Å². The Bertz CT molecular complexity index is 1170. The third-order valence-electron chi connectivity index (χ3n) is 5.99. The number of nitrogens with one attached hydrogen (secondary N) is 1. The van der Waals surface area contributed by atoms with Crippen LogP contribution in [0.25, 0.3) is 23.1 Å². The van der Waals surface area contributed by atoms with E-state index >= 15 is 0 Å². The molecule has 9 heteroatoms. The summed E-state index contributed by atoms with van der Waals surface area (Å²) >= 11 is 6.00. The number of aliphatic imine (C=N–C) groups is 1. The Hall–Kier alpha value is -2.54. The highest BCUT2D eigenvalue weighted by molar-refractivity contribution is 6.30. The third kappa shape index (κ3) is 6.75. The van der Waals surface area contributed by atoms with E-state index in [9.17, 15) is 0 Å². The summed E-state index contributed by atoms with van der Waals surface area (Å²) in [6, 6.07) is 12.1. The first-order chi connectivity index (χ1) is 15.4. The molecule has 5 N–H and O–H groups in total. The minimum absolute atomic E-state index is 0. The van der Waals surface area contributed by atoms with Crippen LogP contribution in [0.4, 0.5) is 5.82 Å².